The van der Waals surface area contributed by atoms with Crippen LogP contribution in [-0.2, 0) is 5.28 Å². The first-order valence-electron chi connectivity index (χ1n) is 7.42. The van der Waals surface area contributed by atoms with Gasteiger partial charge in [0.2, 0.25) is 0 Å². The van der Waals surface area contributed by atoms with Crippen molar-refractivity contribution in [2.45, 2.75) is 56.0 Å². The van der Waals surface area contributed by atoms with Crippen molar-refractivity contribution in [2.24, 2.45) is 10.2 Å². The quantitative estimate of drug-likeness (QED) is 0.441. The molecule has 0 saturated carbocycles. The highest BCUT2D eigenvalue weighted by atomic mass is 35.7. The average molecular weight is 357 g/mol. The molecule has 0 fully saturated rings. The van der Waals surface area contributed by atoms with Gasteiger partial charge in [0.25, 0.3) is 0 Å². The van der Waals surface area contributed by atoms with Crippen LogP contribution < -0.4 is 0 Å². The molecule has 1 heterocycles. The van der Waals surface area contributed by atoms with Gasteiger partial charge in [0, 0.05) is 7.27 Å². The van der Waals surface area contributed by atoms with Crippen molar-refractivity contribution in [3.05, 3.63) is 35.9 Å². The van der Waals surface area contributed by atoms with Crippen molar-refractivity contribution in [1.82, 2.24) is 0 Å². The monoisotopic (exact) mass is 356 g/mol. The van der Waals surface area contributed by atoms with E-state index in [-0.39, 0.29) is 9.81 Å². The number of hydrogen-bond acceptors (Lipinski definition) is 2. The lowest BCUT2D eigenvalue weighted by molar-refractivity contribution is 0.697. The summed E-state index contributed by atoms with van der Waals surface area (Å²) in [5, 5.41) is 9.41. The number of halogens is 1. The largest absolute Gasteiger partial charge is 0.187 e. The van der Waals surface area contributed by atoms with Gasteiger partial charge in [-0.25, -0.2) is 0 Å². The van der Waals surface area contributed by atoms with Gasteiger partial charge in [-0.1, -0.05) is 80.9 Å². The topological polar surface area (TPSA) is 24.7 Å². The van der Waals surface area contributed by atoms with Gasteiger partial charge in [-0.3, -0.25) is 0 Å². The van der Waals surface area contributed by atoms with Crippen LogP contribution >= 0.6 is 18.5 Å². The van der Waals surface area contributed by atoms with Gasteiger partial charge in [-0.05, 0) is 12.5 Å². The molecule has 2 rings (SSSR count). The maximum absolute atomic E-state index is 7.19. The third-order valence-electron chi connectivity index (χ3n) is 4.47. The summed E-state index contributed by atoms with van der Waals surface area (Å²) >= 11 is 7.19. The Morgan fingerprint density at radius 1 is 0.905 bits per heavy atom. The van der Waals surface area contributed by atoms with Crippen molar-refractivity contribution in [3.63, 3.8) is 0 Å². The normalized spacial score (nSPS) is 28.9. The van der Waals surface area contributed by atoms with Crippen LogP contribution in [0, 0.1) is 0 Å². The van der Waals surface area contributed by atoms with Crippen LogP contribution in [0.3, 0.4) is 0 Å². The molecule has 21 heavy (non-hydrogen) atoms. The Hall–Kier alpha value is -0.0262. The summed E-state index contributed by atoms with van der Waals surface area (Å²) < 4.78 is -0.0680. The highest BCUT2D eigenvalue weighted by Crippen LogP contribution is 2.76. The Bertz CT molecular complexity index is 537. The number of azo groups is 1. The van der Waals surface area contributed by atoms with E-state index in [0.29, 0.717) is 0 Å². The second-order valence-electron chi connectivity index (χ2n) is 8.04. The minimum absolute atomic E-state index is 0.0680. The fourth-order valence-corrected chi connectivity index (χ4v) is 25.5. The number of rotatable bonds is 3. The molecule has 116 valence electrons. The number of nitrogens with zero attached hydrogens (tertiary/aromatic N) is 2. The maximum atomic E-state index is 7.19. The van der Waals surface area contributed by atoms with Gasteiger partial charge in [0.15, 0.2) is 0 Å². The van der Waals surface area contributed by atoms with E-state index in [0.717, 1.165) is 0 Å². The highest BCUT2D eigenvalue weighted by molar-refractivity contribution is 7.90. The first-order chi connectivity index (χ1) is 9.47. The molecule has 0 unspecified atom stereocenters. The van der Waals surface area contributed by atoms with Crippen LogP contribution in [0.15, 0.2) is 40.6 Å². The number of hydrogen-bond donors (Lipinski definition) is 0. The zero-order valence-electron chi connectivity index (χ0n) is 14.1. The fraction of sp³-hybridized carbons (Fsp3) is 0.600. The van der Waals surface area contributed by atoms with Crippen LogP contribution in [0.1, 0.15) is 12.5 Å². The molecular formula is C15H26ClN2PSi2. The Morgan fingerprint density at radius 3 is 1.76 bits per heavy atom. The molecule has 0 spiro atoms. The molecule has 1 aliphatic rings. The van der Waals surface area contributed by atoms with Crippen molar-refractivity contribution in [2.75, 3.05) is 0 Å². The van der Waals surface area contributed by atoms with Crippen LogP contribution in [0.4, 0.5) is 0 Å². The van der Waals surface area contributed by atoms with Crippen LogP contribution in [0.25, 0.3) is 0 Å². The zero-order valence-corrected chi connectivity index (χ0v) is 17.8. The molecule has 1 aromatic rings. The molecule has 1 aromatic carbocycles. The van der Waals surface area contributed by atoms with E-state index < -0.39 is 23.4 Å². The molecule has 1 aliphatic heterocycles. The zero-order chi connectivity index (χ0) is 16.1. The van der Waals surface area contributed by atoms with E-state index in [1.165, 1.54) is 5.56 Å². The molecule has 2 atom stereocenters. The minimum atomic E-state index is -1.60. The Morgan fingerprint density at radius 2 is 1.38 bits per heavy atom. The SMILES string of the molecule is C[C@]1(c2ccccc2)N=NC([Si](C)(C)C)([Si](C)(C)C)[P@@]1Cl. The van der Waals surface area contributed by atoms with Crippen molar-refractivity contribution in [3.8, 4) is 0 Å². The molecule has 0 aliphatic carbocycles. The lowest BCUT2D eigenvalue weighted by Gasteiger charge is -2.49. The number of benzene rings is 1. The third-order valence-corrected chi connectivity index (χ3v) is 23.1. The first-order valence-corrected chi connectivity index (χ1v) is 16.7. The Balaban J connectivity index is 2.60. The molecule has 0 saturated heterocycles. The summed E-state index contributed by atoms with van der Waals surface area (Å²) in [6.45, 7) is 16.6. The van der Waals surface area contributed by atoms with E-state index in [2.05, 4.69) is 70.5 Å². The van der Waals surface area contributed by atoms with Crippen molar-refractivity contribution < 1.29 is 0 Å². The standard InChI is InChI=1S/C15H26ClN2PSi2/c1-14(13-11-9-8-10-12-13)17-18-15(19(14)16,20(2,3)4)21(5,6)7/h8-12H,1-7H3/t14-,19-/m0/s1. The van der Waals surface area contributed by atoms with E-state index in [1.807, 2.05) is 6.07 Å². The van der Waals surface area contributed by atoms with E-state index >= 15 is 0 Å². The fourth-order valence-electron chi connectivity index (χ4n) is 3.50. The van der Waals surface area contributed by atoms with Crippen LogP contribution in [0.5, 0.6) is 0 Å². The second-order valence-corrected chi connectivity index (χ2v) is 22.9. The summed E-state index contributed by atoms with van der Waals surface area (Å²) in [7, 11) is -4.04. The van der Waals surface area contributed by atoms with Crippen LogP contribution in [0.2, 0.25) is 39.3 Å². The lowest BCUT2D eigenvalue weighted by Crippen LogP contribution is -2.62. The van der Waals surface area contributed by atoms with Gasteiger partial charge in [0.05, 0.1) is 20.7 Å². The summed E-state index contributed by atoms with van der Waals surface area (Å²) in [5.74, 6) is 0. The first kappa shape index (κ1) is 17.3. The predicted molar refractivity (Wildman–Crippen MR) is 101 cm³/mol. The molecule has 2 nitrogen and oxygen atoms in total. The summed E-state index contributed by atoms with van der Waals surface area (Å²) in [4.78, 5) is 0. The summed E-state index contributed by atoms with van der Waals surface area (Å²) in [6.07, 6.45) is 0. The molecular weight excluding hydrogens is 331 g/mol. The summed E-state index contributed by atoms with van der Waals surface area (Å²) in [5.41, 5.74) is 1.20. The molecule has 0 aromatic heterocycles. The Labute approximate surface area is 137 Å². The van der Waals surface area contributed by atoms with E-state index in [4.69, 9.17) is 21.5 Å². The van der Waals surface area contributed by atoms with Crippen molar-refractivity contribution in [1.29, 1.82) is 0 Å². The van der Waals surface area contributed by atoms with Gasteiger partial charge in [0.1, 0.15) is 5.28 Å². The molecule has 0 radical (unpaired) electrons. The van der Waals surface area contributed by atoms with Crippen molar-refractivity contribution >= 4 is 34.7 Å². The summed E-state index contributed by atoms with van der Waals surface area (Å²) in [6, 6.07) is 10.5. The Kier molecular flexibility index (Phi) is 4.34. The molecule has 0 bridgehead atoms. The van der Waals surface area contributed by atoms with E-state index in [9.17, 15) is 0 Å². The van der Waals surface area contributed by atoms with Gasteiger partial charge < -0.3 is 0 Å². The lowest BCUT2D eigenvalue weighted by atomic mass is 10.1. The molecule has 6 heteroatoms. The highest BCUT2D eigenvalue weighted by Gasteiger charge is 2.66. The van der Waals surface area contributed by atoms with E-state index in [1.54, 1.807) is 0 Å². The molecule has 0 amide bonds. The van der Waals surface area contributed by atoms with Crippen LogP contribution in [-0.4, -0.2) is 20.7 Å². The third kappa shape index (κ3) is 2.48. The molecule has 0 N–H and O–H groups in total. The second kappa shape index (κ2) is 5.26. The maximum Gasteiger partial charge on any atom is 0.138 e. The van der Waals surface area contributed by atoms with Gasteiger partial charge in [-0.2, -0.15) is 10.2 Å². The average Bonchev–Trinajstić information content (AvgIpc) is 2.64. The predicted octanol–water partition coefficient (Wildman–Crippen LogP) is 6.41. The minimum Gasteiger partial charge on any atom is -0.187 e. The van der Waals surface area contributed by atoms with Gasteiger partial charge in [-0.15, -0.1) is 0 Å². The smallest absolute Gasteiger partial charge is 0.138 e. The van der Waals surface area contributed by atoms with Gasteiger partial charge >= 0.3 is 0 Å².